The number of hydrogen-bond acceptors (Lipinski definition) is 5. The lowest BCUT2D eigenvalue weighted by Crippen LogP contribution is -2.30. The summed E-state index contributed by atoms with van der Waals surface area (Å²) in [6, 6.07) is 0. The van der Waals surface area contributed by atoms with Gasteiger partial charge in [-0.25, -0.2) is 10.6 Å². The molecule has 70 valence electrons. The molecule has 0 aromatic carbocycles. The smallest absolute Gasteiger partial charge is 0.356 e. The van der Waals surface area contributed by atoms with Crippen LogP contribution in [0.4, 0.5) is 0 Å². The summed E-state index contributed by atoms with van der Waals surface area (Å²) in [5.41, 5.74) is 5.91. The number of esters is 1. The van der Waals surface area contributed by atoms with Crippen molar-refractivity contribution in [1.82, 2.24) is 5.01 Å². The van der Waals surface area contributed by atoms with Gasteiger partial charge in [0.25, 0.3) is 0 Å². The number of hydrogen-bond donors (Lipinski definition) is 2. The standard InChI is InChI=1S/C8H11N3O2/c1-13-8(12)7(9)6-4-2-3-5-11(6)10/h2-5H,9-10H2,1H3/b7-6-. The van der Waals surface area contributed by atoms with Crippen LogP contribution in [-0.4, -0.2) is 18.1 Å². The van der Waals surface area contributed by atoms with E-state index < -0.39 is 5.97 Å². The Bertz CT molecular complexity index is 305. The Labute approximate surface area is 75.9 Å². The van der Waals surface area contributed by atoms with E-state index in [2.05, 4.69) is 4.74 Å². The molecule has 0 bridgehead atoms. The molecule has 1 aliphatic heterocycles. The minimum absolute atomic E-state index is 0.00870. The van der Waals surface area contributed by atoms with Crippen LogP contribution in [0.15, 0.2) is 35.8 Å². The molecule has 5 heteroatoms. The van der Waals surface area contributed by atoms with Gasteiger partial charge in [0.05, 0.1) is 12.8 Å². The van der Waals surface area contributed by atoms with Crippen molar-refractivity contribution in [1.29, 1.82) is 0 Å². The molecule has 13 heavy (non-hydrogen) atoms. The second kappa shape index (κ2) is 3.77. The fraction of sp³-hybridized carbons (Fsp3) is 0.125. The fourth-order valence-corrected chi connectivity index (χ4v) is 0.899. The molecule has 0 unspecified atom stereocenters. The first-order valence-electron chi connectivity index (χ1n) is 3.63. The maximum Gasteiger partial charge on any atom is 0.356 e. The molecule has 1 rings (SSSR count). The number of carbonyl (C=O) groups is 1. The van der Waals surface area contributed by atoms with E-state index in [1.165, 1.54) is 12.1 Å². The first-order valence-corrected chi connectivity index (χ1v) is 3.63. The number of allylic oxidation sites excluding steroid dienone is 3. The highest BCUT2D eigenvalue weighted by Gasteiger charge is 2.13. The van der Waals surface area contributed by atoms with Crippen LogP contribution in [0.5, 0.6) is 0 Å². The van der Waals surface area contributed by atoms with E-state index in [9.17, 15) is 4.79 Å². The van der Waals surface area contributed by atoms with Crippen molar-refractivity contribution in [3.63, 3.8) is 0 Å². The van der Waals surface area contributed by atoms with Crippen molar-refractivity contribution in [2.24, 2.45) is 11.6 Å². The van der Waals surface area contributed by atoms with Gasteiger partial charge in [0.15, 0.2) is 0 Å². The Balaban J connectivity index is 2.97. The van der Waals surface area contributed by atoms with Crippen molar-refractivity contribution in [2.75, 3.05) is 7.11 Å². The van der Waals surface area contributed by atoms with Crippen LogP contribution in [0.25, 0.3) is 0 Å². The summed E-state index contributed by atoms with van der Waals surface area (Å²) in [4.78, 5) is 11.0. The molecule has 1 aliphatic rings. The molecule has 0 radical (unpaired) electrons. The second-order valence-corrected chi connectivity index (χ2v) is 2.40. The normalized spacial score (nSPS) is 18.8. The van der Waals surface area contributed by atoms with Crippen LogP contribution in [0.1, 0.15) is 0 Å². The number of nitrogens with two attached hydrogens (primary N) is 2. The Morgan fingerprint density at radius 3 is 2.77 bits per heavy atom. The van der Waals surface area contributed by atoms with E-state index in [1.54, 1.807) is 24.4 Å². The maximum atomic E-state index is 11.0. The molecule has 0 aliphatic carbocycles. The third-order valence-electron chi connectivity index (χ3n) is 1.57. The number of carbonyl (C=O) groups excluding carboxylic acids is 1. The van der Waals surface area contributed by atoms with E-state index in [1.807, 2.05) is 0 Å². The molecule has 0 amide bonds. The molecule has 0 saturated carbocycles. The lowest BCUT2D eigenvalue weighted by atomic mass is 10.2. The highest BCUT2D eigenvalue weighted by atomic mass is 16.5. The molecule has 0 aromatic rings. The molecular weight excluding hydrogens is 170 g/mol. The summed E-state index contributed by atoms with van der Waals surface area (Å²) >= 11 is 0. The first-order chi connectivity index (χ1) is 6.16. The van der Waals surface area contributed by atoms with Crippen molar-refractivity contribution in [2.45, 2.75) is 0 Å². The molecule has 1 heterocycles. The number of ether oxygens (including phenoxy) is 1. The van der Waals surface area contributed by atoms with E-state index in [0.29, 0.717) is 5.70 Å². The summed E-state index contributed by atoms with van der Waals surface area (Å²) in [5.74, 6) is 4.93. The Morgan fingerprint density at radius 2 is 2.23 bits per heavy atom. The van der Waals surface area contributed by atoms with E-state index in [-0.39, 0.29) is 5.70 Å². The van der Waals surface area contributed by atoms with Gasteiger partial charge in [0, 0.05) is 6.20 Å². The van der Waals surface area contributed by atoms with Gasteiger partial charge >= 0.3 is 5.97 Å². The SMILES string of the molecule is COC(=O)/C(N)=C1\C=CC=CN1N. The number of methoxy groups -OCH3 is 1. The summed E-state index contributed by atoms with van der Waals surface area (Å²) in [6.45, 7) is 0. The van der Waals surface area contributed by atoms with Crippen molar-refractivity contribution >= 4 is 5.97 Å². The van der Waals surface area contributed by atoms with E-state index in [4.69, 9.17) is 11.6 Å². The third-order valence-corrected chi connectivity index (χ3v) is 1.57. The van der Waals surface area contributed by atoms with Crippen LogP contribution in [0.2, 0.25) is 0 Å². The topological polar surface area (TPSA) is 81.6 Å². The van der Waals surface area contributed by atoms with Gasteiger partial charge in [-0.15, -0.1) is 0 Å². The van der Waals surface area contributed by atoms with Crippen LogP contribution in [0.3, 0.4) is 0 Å². The predicted molar refractivity (Wildman–Crippen MR) is 47.5 cm³/mol. The quantitative estimate of drug-likeness (QED) is 0.326. The molecular formula is C8H11N3O2. The molecule has 5 nitrogen and oxygen atoms in total. The summed E-state index contributed by atoms with van der Waals surface area (Å²) < 4.78 is 4.45. The van der Waals surface area contributed by atoms with Crippen LogP contribution in [0, 0.1) is 0 Å². The van der Waals surface area contributed by atoms with E-state index in [0.717, 1.165) is 0 Å². The van der Waals surface area contributed by atoms with Crippen molar-refractivity contribution in [3.8, 4) is 0 Å². The minimum atomic E-state index is -0.592. The molecule has 4 N–H and O–H groups in total. The zero-order valence-electron chi connectivity index (χ0n) is 7.23. The monoisotopic (exact) mass is 181 g/mol. The van der Waals surface area contributed by atoms with Crippen LogP contribution >= 0.6 is 0 Å². The van der Waals surface area contributed by atoms with Gasteiger partial charge in [-0.05, 0) is 12.2 Å². The van der Waals surface area contributed by atoms with Crippen LogP contribution in [-0.2, 0) is 9.53 Å². The molecule has 0 saturated heterocycles. The minimum Gasteiger partial charge on any atom is -0.464 e. The second-order valence-electron chi connectivity index (χ2n) is 2.40. The number of hydrazine groups is 1. The Morgan fingerprint density at radius 1 is 1.54 bits per heavy atom. The fourth-order valence-electron chi connectivity index (χ4n) is 0.899. The third kappa shape index (κ3) is 1.88. The number of rotatable bonds is 1. The van der Waals surface area contributed by atoms with Gasteiger partial charge < -0.3 is 10.5 Å². The highest BCUT2D eigenvalue weighted by molar-refractivity contribution is 5.88. The highest BCUT2D eigenvalue weighted by Crippen LogP contribution is 2.10. The van der Waals surface area contributed by atoms with Gasteiger partial charge in [0.2, 0.25) is 0 Å². The molecule has 0 atom stereocenters. The Kier molecular flexibility index (Phi) is 2.71. The lowest BCUT2D eigenvalue weighted by molar-refractivity contribution is -0.136. The summed E-state index contributed by atoms with van der Waals surface area (Å²) in [6.07, 6.45) is 6.68. The zero-order chi connectivity index (χ0) is 9.84. The summed E-state index contributed by atoms with van der Waals surface area (Å²) in [5, 5.41) is 1.26. The van der Waals surface area contributed by atoms with Gasteiger partial charge in [0.1, 0.15) is 5.70 Å². The van der Waals surface area contributed by atoms with Crippen molar-refractivity contribution < 1.29 is 9.53 Å². The maximum absolute atomic E-state index is 11.0. The van der Waals surface area contributed by atoms with Gasteiger partial charge in [-0.1, -0.05) is 6.08 Å². The largest absolute Gasteiger partial charge is 0.464 e. The van der Waals surface area contributed by atoms with Crippen molar-refractivity contribution in [3.05, 3.63) is 35.8 Å². The molecule has 0 fully saturated rings. The first kappa shape index (κ1) is 9.34. The van der Waals surface area contributed by atoms with Gasteiger partial charge in [-0.3, -0.25) is 5.01 Å². The predicted octanol–water partition coefficient (Wildman–Crippen LogP) is -0.411. The Hall–Kier alpha value is -1.75. The lowest BCUT2D eigenvalue weighted by Gasteiger charge is -2.18. The zero-order valence-corrected chi connectivity index (χ0v) is 7.23. The average molecular weight is 181 g/mol. The number of nitrogens with zero attached hydrogens (tertiary/aromatic N) is 1. The van der Waals surface area contributed by atoms with Crippen LogP contribution < -0.4 is 11.6 Å². The van der Waals surface area contributed by atoms with E-state index >= 15 is 0 Å². The average Bonchev–Trinajstić information content (AvgIpc) is 2.16. The summed E-state index contributed by atoms with van der Waals surface area (Å²) in [7, 11) is 1.26. The molecule has 0 aromatic heterocycles. The molecule has 0 spiro atoms. The van der Waals surface area contributed by atoms with Gasteiger partial charge in [-0.2, -0.15) is 0 Å².